The topological polar surface area (TPSA) is 35.8 Å². The predicted octanol–water partition coefficient (Wildman–Crippen LogP) is 8.64. The van der Waals surface area contributed by atoms with E-state index in [-0.39, 0.29) is 6.04 Å². The van der Waals surface area contributed by atoms with E-state index in [9.17, 15) is 0 Å². The van der Waals surface area contributed by atoms with Crippen LogP contribution >= 0.6 is 11.3 Å². The fourth-order valence-corrected chi connectivity index (χ4v) is 8.74. The standard InChI is InChI=1S/C38H50N4OS/c1-40(2)35(34-18-13-27-44-34)31-19-21-32(22-20-31)36(42-24-11-6-12-25-42)37-39-33(28-30-16-9-5-10-17-30)38(43-37)41(3)26-23-29-14-7-4-8-15-29/h4-5,7-10,13-18,27,31-32,35-36H,6,11-12,19-26,28H2,1-3H3. The Morgan fingerprint density at radius 1 is 0.818 bits per heavy atom. The summed E-state index contributed by atoms with van der Waals surface area (Å²) in [5.74, 6) is 3.16. The second-order valence-electron chi connectivity index (χ2n) is 13.3. The van der Waals surface area contributed by atoms with Crippen LogP contribution in [0.3, 0.4) is 0 Å². The molecule has 2 aromatic heterocycles. The van der Waals surface area contributed by atoms with Gasteiger partial charge in [-0.15, -0.1) is 11.3 Å². The van der Waals surface area contributed by atoms with Crippen LogP contribution in [0, 0.1) is 11.8 Å². The lowest BCUT2D eigenvalue weighted by molar-refractivity contribution is 0.0564. The Labute approximate surface area is 268 Å². The highest BCUT2D eigenvalue weighted by Gasteiger charge is 2.39. The molecule has 2 unspecified atom stereocenters. The van der Waals surface area contributed by atoms with Gasteiger partial charge in [-0.3, -0.25) is 4.90 Å². The van der Waals surface area contributed by atoms with Crippen LogP contribution in [0.15, 0.2) is 82.6 Å². The molecule has 44 heavy (non-hydrogen) atoms. The maximum absolute atomic E-state index is 6.94. The fraction of sp³-hybridized carbons (Fsp3) is 0.500. The van der Waals surface area contributed by atoms with E-state index in [4.69, 9.17) is 9.40 Å². The van der Waals surface area contributed by atoms with Gasteiger partial charge in [0.2, 0.25) is 11.8 Å². The van der Waals surface area contributed by atoms with Crippen molar-refractivity contribution in [2.45, 2.75) is 69.9 Å². The highest BCUT2D eigenvalue weighted by atomic mass is 32.1. The fourth-order valence-electron chi connectivity index (χ4n) is 7.73. The zero-order valence-electron chi connectivity index (χ0n) is 26.9. The van der Waals surface area contributed by atoms with Crippen molar-refractivity contribution in [1.82, 2.24) is 14.8 Å². The first-order valence-electron chi connectivity index (χ1n) is 16.8. The van der Waals surface area contributed by atoms with Gasteiger partial charge in [0, 0.05) is 30.9 Å². The SMILES string of the molecule is CN(CCc1ccccc1)c1oc(C(C2CCC(C(c3cccs3)N(C)C)CC2)N2CCCCC2)nc1Cc1ccccc1. The first-order chi connectivity index (χ1) is 21.6. The van der Waals surface area contributed by atoms with Crippen molar-refractivity contribution in [3.8, 4) is 0 Å². The summed E-state index contributed by atoms with van der Waals surface area (Å²) >= 11 is 1.91. The molecule has 0 amide bonds. The molecule has 2 aromatic carbocycles. The van der Waals surface area contributed by atoms with E-state index in [1.807, 2.05) is 11.3 Å². The number of piperidine rings is 1. The molecule has 2 fully saturated rings. The number of likely N-dealkylation sites (N-methyl/N-ethyl adjacent to an activating group) is 1. The first-order valence-corrected chi connectivity index (χ1v) is 17.7. The number of anilines is 1. The maximum Gasteiger partial charge on any atom is 0.219 e. The number of rotatable bonds is 12. The molecular formula is C38H50N4OS. The van der Waals surface area contributed by atoms with Crippen molar-refractivity contribution in [2.75, 3.05) is 45.7 Å². The predicted molar refractivity (Wildman–Crippen MR) is 184 cm³/mol. The van der Waals surface area contributed by atoms with E-state index in [2.05, 4.69) is 114 Å². The van der Waals surface area contributed by atoms with Gasteiger partial charge in [0.25, 0.3) is 0 Å². The summed E-state index contributed by atoms with van der Waals surface area (Å²) in [6.07, 6.45) is 10.6. The Kier molecular flexibility index (Phi) is 10.5. The van der Waals surface area contributed by atoms with Gasteiger partial charge in [-0.2, -0.15) is 0 Å². The maximum atomic E-state index is 6.94. The molecule has 5 nitrogen and oxygen atoms in total. The van der Waals surface area contributed by atoms with Crippen LogP contribution in [0.5, 0.6) is 0 Å². The van der Waals surface area contributed by atoms with Crippen molar-refractivity contribution in [1.29, 1.82) is 0 Å². The minimum absolute atomic E-state index is 0.251. The monoisotopic (exact) mass is 610 g/mol. The Morgan fingerprint density at radius 3 is 2.11 bits per heavy atom. The number of hydrogen-bond donors (Lipinski definition) is 0. The molecular weight excluding hydrogens is 561 g/mol. The molecule has 0 spiro atoms. The first kappa shape index (κ1) is 31.1. The molecule has 4 aromatic rings. The smallest absolute Gasteiger partial charge is 0.219 e. The van der Waals surface area contributed by atoms with E-state index in [1.165, 1.54) is 60.9 Å². The highest BCUT2D eigenvalue weighted by molar-refractivity contribution is 7.10. The molecule has 2 aliphatic rings. The van der Waals surface area contributed by atoms with E-state index >= 15 is 0 Å². The normalized spacial score (nSPS) is 20.9. The quantitative estimate of drug-likeness (QED) is 0.160. The van der Waals surface area contributed by atoms with Crippen LogP contribution in [-0.2, 0) is 12.8 Å². The van der Waals surface area contributed by atoms with Gasteiger partial charge in [0.1, 0.15) is 5.69 Å². The van der Waals surface area contributed by atoms with E-state index in [1.54, 1.807) is 0 Å². The van der Waals surface area contributed by atoms with Gasteiger partial charge in [-0.25, -0.2) is 4.98 Å². The molecule has 1 saturated heterocycles. The minimum atomic E-state index is 0.251. The average Bonchev–Trinajstić information content (AvgIpc) is 3.73. The molecule has 1 aliphatic carbocycles. The summed E-state index contributed by atoms with van der Waals surface area (Å²) in [5.41, 5.74) is 3.71. The van der Waals surface area contributed by atoms with Gasteiger partial charge in [-0.05, 0) is 107 Å². The number of aromatic nitrogens is 1. The summed E-state index contributed by atoms with van der Waals surface area (Å²) in [6.45, 7) is 3.19. The molecule has 0 bridgehead atoms. The van der Waals surface area contributed by atoms with Crippen molar-refractivity contribution >= 4 is 17.2 Å². The summed E-state index contributed by atoms with van der Waals surface area (Å²) in [5, 5.41) is 2.23. The van der Waals surface area contributed by atoms with Crippen LogP contribution < -0.4 is 4.90 Å². The van der Waals surface area contributed by atoms with Gasteiger partial charge in [-0.1, -0.05) is 73.2 Å². The number of benzene rings is 2. The summed E-state index contributed by atoms with van der Waals surface area (Å²) in [7, 11) is 6.68. The molecule has 2 atom stereocenters. The second kappa shape index (κ2) is 14.9. The molecule has 0 radical (unpaired) electrons. The second-order valence-corrected chi connectivity index (χ2v) is 14.2. The molecule has 234 valence electrons. The molecule has 6 heteroatoms. The van der Waals surface area contributed by atoms with E-state index in [0.717, 1.165) is 49.9 Å². The molecule has 1 saturated carbocycles. The van der Waals surface area contributed by atoms with Gasteiger partial charge < -0.3 is 14.2 Å². The zero-order chi connectivity index (χ0) is 30.3. The van der Waals surface area contributed by atoms with Crippen LogP contribution in [0.4, 0.5) is 5.88 Å². The lowest BCUT2D eigenvalue weighted by atomic mass is 9.74. The van der Waals surface area contributed by atoms with Gasteiger partial charge in [0.05, 0.1) is 6.04 Å². The number of likely N-dealkylation sites (tertiary alicyclic amines) is 1. The zero-order valence-corrected chi connectivity index (χ0v) is 27.7. The van der Waals surface area contributed by atoms with Crippen molar-refractivity contribution in [2.24, 2.45) is 11.8 Å². The van der Waals surface area contributed by atoms with Crippen LogP contribution in [0.25, 0.3) is 0 Å². The third-order valence-electron chi connectivity index (χ3n) is 9.97. The third-order valence-corrected chi connectivity index (χ3v) is 10.9. The minimum Gasteiger partial charge on any atom is -0.423 e. The number of thiophene rings is 1. The lowest BCUT2D eigenvalue weighted by Gasteiger charge is -2.42. The summed E-state index contributed by atoms with van der Waals surface area (Å²) in [4.78, 5) is 14.4. The lowest BCUT2D eigenvalue weighted by Crippen LogP contribution is -2.40. The Hall–Kier alpha value is -2.93. The Bertz CT molecular complexity index is 1390. The van der Waals surface area contributed by atoms with Crippen LogP contribution in [0.1, 0.15) is 84.6 Å². The van der Waals surface area contributed by atoms with E-state index in [0.29, 0.717) is 17.9 Å². The third kappa shape index (κ3) is 7.47. The van der Waals surface area contributed by atoms with Crippen LogP contribution in [0.2, 0.25) is 0 Å². The van der Waals surface area contributed by atoms with Gasteiger partial charge in [0.15, 0.2) is 0 Å². The van der Waals surface area contributed by atoms with Crippen molar-refractivity contribution in [3.05, 3.63) is 106 Å². The molecule has 6 rings (SSSR count). The molecule has 3 heterocycles. The van der Waals surface area contributed by atoms with Crippen molar-refractivity contribution in [3.63, 3.8) is 0 Å². The Balaban J connectivity index is 1.26. The summed E-state index contributed by atoms with van der Waals surface area (Å²) in [6, 6.07) is 26.8. The number of hydrogen-bond acceptors (Lipinski definition) is 6. The largest absolute Gasteiger partial charge is 0.423 e. The molecule has 1 aliphatic heterocycles. The average molecular weight is 611 g/mol. The number of nitrogens with zero attached hydrogens (tertiary/aromatic N) is 4. The highest BCUT2D eigenvalue weighted by Crippen LogP contribution is 2.46. The van der Waals surface area contributed by atoms with E-state index < -0.39 is 0 Å². The van der Waals surface area contributed by atoms with Crippen molar-refractivity contribution < 1.29 is 4.42 Å². The Morgan fingerprint density at radius 2 is 1.48 bits per heavy atom. The summed E-state index contributed by atoms with van der Waals surface area (Å²) < 4.78 is 6.94. The number of oxazole rings is 1. The van der Waals surface area contributed by atoms with Gasteiger partial charge >= 0.3 is 0 Å². The molecule has 0 N–H and O–H groups in total. The van der Waals surface area contributed by atoms with Crippen LogP contribution in [-0.4, -0.2) is 55.6 Å².